The molecular formula is C25H40N6O. The van der Waals surface area contributed by atoms with Crippen LogP contribution in [0.3, 0.4) is 0 Å². The van der Waals surface area contributed by atoms with Crippen LogP contribution in [0.15, 0.2) is 23.1 Å². The lowest BCUT2D eigenvalue weighted by Gasteiger charge is -2.36. The normalized spacial score (nSPS) is 15.9. The van der Waals surface area contributed by atoms with E-state index in [0.29, 0.717) is 0 Å². The number of anilines is 1. The minimum absolute atomic E-state index is 0.00551. The first-order valence-electron chi connectivity index (χ1n) is 11.8. The molecule has 1 aliphatic heterocycles. The number of hydrogen-bond acceptors (Lipinski definition) is 6. The Kier molecular flexibility index (Phi) is 7.38. The summed E-state index contributed by atoms with van der Waals surface area (Å²) in [5.41, 5.74) is 1.65. The van der Waals surface area contributed by atoms with Gasteiger partial charge in [0.05, 0.1) is 5.69 Å². The van der Waals surface area contributed by atoms with Gasteiger partial charge in [0, 0.05) is 61.5 Å². The zero-order chi connectivity index (χ0) is 23.5. The quantitative estimate of drug-likeness (QED) is 0.640. The van der Waals surface area contributed by atoms with Crippen molar-refractivity contribution in [2.24, 2.45) is 0 Å². The minimum atomic E-state index is -0.146. The van der Waals surface area contributed by atoms with Gasteiger partial charge in [-0.2, -0.15) is 4.98 Å². The fraction of sp³-hybridized carbons (Fsp3) is 0.680. The van der Waals surface area contributed by atoms with E-state index in [-0.39, 0.29) is 16.5 Å². The summed E-state index contributed by atoms with van der Waals surface area (Å²) >= 11 is 0. The maximum Gasteiger partial charge on any atom is 0.347 e. The van der Waals surface area contributed by atoms with E-state index in [9.17, 15) is 4.79 Å². The van der Waals surface area contributed by atoms with Crippen molar-refractivity contribution >= 4 is 5.82 Å². The topological polar surface area (TPSA) is 67.2 Å². The van der Waals surface area contributed by atoms with Gasteiger partial charge in [-0.1, -0.05) is 41.5 Å². The summed E-state index contributed by atoms with van der Waals surface area (Å²) in [5.74, 6) is 1.98. The monoisotopic (exact) mass is 440 g/mol. The van der Waals surface area contributed by atoms with E-state index in [1.165, 1.54) is 0 Å². The molecule has 1 fully saturated rings. The highest BCUT2D eigenvalue weighted by Crippen LogP contribution is 2.28. The standard InChI is InChI=1S/C25H40N6O/c1-19-10-13-31(23(32)26-19)12-9-8-11-29-14-16-30(17-15-29)21-18-20(24(2,3)4)27-22(28-21)25(5,6)7/h10,13,18H,8-9,11-12,14-17H2,1-7H3. The van der Waals surface area contributed by atoms with Crippen LogP contribution in [0.4, 0.5) is 5.82 Å². The third-order valence-electron chi connectivity index (χ3n) is 5.98. The molecule has 0 radical (unpaired) electrons. The molecule has 0 saturated carbocycles. The first kappa shape index (κ1) is 24.4. The van der Waals surface area contributed by atoms with Crippen LogP contribution in [0.25, 0.3) is 0 Å². The predicted octanol–water partition coefficient (Wildman–Crippen LogP) is 3.54. The zero-order valence-corrected chi connectivity index (χ0v) is 21.0. The Morgan fingerprint density at radius 2 is 1.53 bits per heavy atom. The average Bonchev–Trinajstić information content (AvgIpc) is 2.71. The van der Waals surface area contributed by atoms with Crippen LogP contribution in [-0.2, 0) is 17.4 Å². The van der Waals surface area contributed by atoms with E-state index >= 15 is 0 Å². The largest absolute Gasteiger partial charge is 0.354 e. The summed E-state index contributed by atoms with van der Waals surface area (Å²) in [4.78, 5) is 30.7. The minimum Gasteiger partial charge on any atom is -0.354 e. The number of aromatic nitrogens is 4. The van der Waals surface area contributed by atoms with Crippen molar-refractivity contribution in [2.45, 2.75) is 78.7 Å². The van der Waals surface area contributed by atoms with Gasteiger partial charge >= 0.3 is 5.69 Å². The van der Waals surface area contributed by atoms with E-state index in [2.05, 4.69) is 62.4 Å². The molecule has 0 unspecified atom stereocenters. The van der Waals surface area contributed by atoms with Gasteiger partial charge in [0.1, 0.15) is 11.6 Å². The van der Waals surface area contributed by atoms with Crippen LogP contribution < -0.4 is 10.6 Å². The molecule has 0 aromatic carbocycles. The van der Waals surface area contributed by atoms with Crippen LogP contribution in [0, 0.1) is 6.92 Å². The van der Waals surface area contributed by atoms with Crippen molar-refractivity contribution in [1.82, 2.24) is 24.4 Å². The molecule has 176 valence electrons. The molecule has 0 N–H and O–H groups in total. The Hall–Kier alpha value is -2.28. The Balaban J connectivity index is 1.54. The second kappa shape index (κ2) is 9.69. The lowest BCUT2D eigenvalue weighted by Crippen LogP contribution is -2.47. The van der Waals surface area contributed by atoms with Gasteiger partial charge in [-0.05, 0) is 32.4 Å². The molecule has 0 bridgehead atoms. The van der Waals surface area contributed by atoms with E-state index < -0.39 is 0 Å². The summed E-state index contributed by atoms with van der Waals surface area (Å²) in [6, 6.07) is 4.07. The fourth-order valence-electron chi connectivity index (χ4n) is 3.82. The van der Waals surface area contributed by atoms with Gasteiger partial charge in [-0.3, -0.25) is 9.47 Å². The van der Waals surface area contributed by atoms with Crippen LogP contribution in [0.2, 0.25) is 0 Å². The van der Waals surface area contributed by atoms with Crippen molar-refractivity contribution in [3.63, 3.8) is 0 Å². The zero-order valence-electron chi connectivity index (χ0n) is 21.0. The van der Waals surface area contributed by atoms with Crippen LogP contribution in [0.1, 0.15) is 71.6 Å². The van der Waals surface area contributed by atoms with Crippen LogP contribution >= 0.6 is 0 Å². The van der Waals surface area contributed by atoms with Crippen molar-refractivity contribution < 1.29 is 0 Å². The summed E-state index contributed by atoms with van der Waals surface area (Å²) in [7, 11) is 0. The number of piperazine rings is 1. The molecule has 32 heavy (non-hydrogen) atoms. The second-order valence-corrected chi connectivity index (χ2v) is 11.0. The second-order valence-electron chi connectivity index (χ2n) is 11.0. The van der Waals surface area contributed by atoms with Gasteiger partial charge < -0.3 is 4.90 Å². The molecule has 0 aliphatic carbocycles. The molecule has 2 aromatic rings. The number of nitrogens with zero attached hydrogens (tertiary/aromatic N) is 6. The molecule has 3 rings (SSSR count). The van der Waals surface area contributed by atoms with Gasteiger partial charge in [-0.25, -0.2) is 14.8 Å². The number of hydrogen-bond donors (Lipinski definition) is 0. The highest BCUT2D eigenvalue weighted by Gasteiger charge is 2.26. The lowest BCUT2D eigenvalue weighted by atomic mass is 9.90. The predicted molar refractivity (Wildman–Crippen MR) is 131 cm³/mol. The highest BCUT2D eigenvalue weighted by molar-refractivity contribution is 5.42. The smallest absolute Gasteiger partial charge is 0.347 e. The maximum atomic E-state index is 11.9. The van der Waals surface area contributed by atoms with Gasteiger partial charge in [0.25, 0.3) is 0 Å². The lowest BCUT2D eigenvalue weighted by molar-refractivity contribution is 0.250. The fourth-order valence-corrected chi connectivity index (χ4v) is 3.82. The molecular weight excluding hydrogens is 400 g/mol. The van der Waals surface area contributed by atoms with Crippen LogP contribution in [-0.4, -0.2) is 57.1 Å². The van der Waals surface area contributed by atoms with E-state index in [0.717, 1.165) is 75.1 Å². The molecule has 0 atom stereocenters. The Labute approximate surface area is 192 Å². The Morgan fingerprint density at radius 3 is 2.12 bits per heavy atom. The number of aryl methyl sites for hydroxylation is 2. The molecule has 2 aromatic heterocycles. The molecule has 7 nitrogen and oxygen atoms in total. The summed E-state index contributed by atoms with van der Waals surface area (Å²) < 4.78 is 1.71. The summed E-state index contributed by atoms with van der Waals surface area (Å²) in [6.07, 6.45) is 3.92. The van der Waals surface area contributed by atoms with E-state index in [4.69, 9.17) is 9.97 Å². The summed E-state index contributed by atoms with van der Waals surface area (Å²) in [5, 5.41) is 0. The third kappa shape index (κ3) is 6.37. The molecule has 1 saturated heterocycles. The first-order chi connectivity index (χ1) is 14.9. The molecule has 1 aliphatic rings. The van der Waals surface area contributed by atoms with Gasteiger partial charge in [0.15, 0.2) is 0 Å². The van der Waals surface area contributed by atoms with Gasteiger partial charge in [-0.15, -0.1) is 0 Å². The van der Waals surface area contributed by atoms with E-state index in [1.54, 1.807) is 4.57 Å². The molecule has 0 amide bonds. The SMILES string of the molecule is Cc1ccn(CCCCN2CCN(c3cc(C(C)(C)C)nc(C(C)(C)C)n3)CC2)c(=O)n1. The highest BCUT2D eigenvalue weighted by atomic mass is 16.1. The maximum absolute atomic E-state index is 11.9. The summed E-state index contributed by atoms with van der Waals surface area (Å²) in [6.45, 7) is 20.8. The average molecular weight is 441 g/mol. The number of unbranched alkanes of at least 4 members (excludes halogenated alkanes) is 1. The molecule has 0 spiro atoms. The van der Waals surface area contributed by atoms with Crippen molar-refractivity contribution in [3.8, 4) is 0 Å². The molecule has 3 heterocycles. The third-order valence-corrected chi connectivity index (χ3v) is 5.98. The van der Waals surface area contributed by atoms with Crippen molar-refractivity contribution in [1.29, 1.82) is 0 Å². The number of rotatable bonds is 6. The van der Waals surface area contributed by atoms with Crippen molar-refractivity contribution in [2.75, 3.05) is 37.6 Å². The Morgan fingerprint density at radius 1 is 0.875 bits per heavy atom. The van der Waals surface area contributed by atoms with Gasteiger partial charge in [0.2, 0.25) is 0 Å². The first-order valence-corrected chi connectivity index (χ1v) is 11.8. The Bertz CT molecular complexity index is 929. The van der Waals surface area contributed by atoms with E-state index in [1.807, 2.05) is 19.2 Å². The van der Waals surface area contributed by atoms with Crippen molar-refractivity contribution in [3.05, 3.63) is 46.0 Å². The van der Waals surface area contributed by atoms with Crippen LogP contribution in [0.5, 0.6) is 0 Å². The molecule has 7 heteroatoms.